The first-order valence-electron chi connectivity index (χ1n) is 6.46. The molecule has 2 N–H and O–H groups in total. The van der Waals surface area contributed by atoms with Crippen LogP contribution in [0.3, 0.4) is 0 Å². The van der Waals surface area contributed by atoms with Gasteiger partial charge in [0, 0.05) is 5.02 Å². The highest BCUT2D eigenvalue weighted by Gasteiger charge is 2.10. The second kappa shape index (κ2) is 6.09. The predicted octanol–water partition coefficient (Wildman–Crippen LogP) is 3.72. The van der Waals surface area contributed by atoms with E-state index >= 15 is 0 Å². The van der Waals surface area contributed by atoms with Crippen LogP contribution >= 0.6 is 11.6 Å². The Kier molecular flexibility index (Phi) is 4.45. The number of hydrogen-bond acceptors (Lipinski definition) is 4. The maximum absolute atomic E-state index is 6.24. The van der Waals surface area contributed by atoms with Crippen molar-refractivity contribution in [2.45, 2.75) is 33.3 Å². The maximum Gasteiger partial charge on any atom is 0.141 e. The molecule has 0 saturated heterocycles. The SMILES string of the molecule is Cc1cc(Cl)c(C(C)C)cc1OCc1cnc(N)cn1. The van der Waals surface area contributed by atoms with Gasteiger partial charge < -0.3 is 10.5 Å². The van der Waals surface area contributed by atoms with Crippen LogP contribution in [0, 0.1) is 6.92 Å². The van der Waals surface area contributed by atoms with Gasteiger partial charge in [0.15, 0.2) is 0 Å². The minimum absolute atomic E-state index is 0.349. The van der Waals surface area contributed by atoms with Crippen LogP contribution < -0.4 is 10.5 Å². The molecule has 1 heterocycles. The van der Waals surface area contributed by atoms with E-state index in [1.165, 1.54) is 6.20 Å². The number of anilines is 1. The molecule has 0 bridgehead atoms. The lowest BCUT2D eigenvalue weighted by molar-refractivity contribution is 0.298. The number of aryl methyl sites for hydroxylation is 1. The first-order chi connectivity index (χ1) is 9.47. The fraction of sp³-hybridized carbons (Fsp3) is 0.333. The lowest BCUT2D eigenvalue weighted by atomic mass is 10.0. The van der Waals surface area contributed by atoms with Gasteiger partial charge in [-0.3, -0.25) is 4.98 Å². The van der Waals surface area contributed by atoms with Gasteiger partial charge in [-0.05, 0) is 36.1 Å². The molecule has 0 aliphatic rings. The molecular formula is C15H18ClN3O. The van der Waals surface area contributed by atoms with E-state index in [-0.39, 0.29) is 0 Å². The lowest BCUT2D eigenvalue weighted by Crippen LogP contribution is -2.02. The first kappa shape index (κ1) is 14.6. The Bertz CT molecular complexity index is 597. The van der Waals surface area contributed by atoms with E-state index in [4.69, 9.17) is 22.1 Å². The van der Waals surface area contributed by atoms with Crippen LogP contribution in [0.2, 0.25) is 5.02 Å². The summed E-state index contributed by atoms with van der Waals surface area (Å²) in [7, 11) is 0. The number of rotatable bonds is 4. The summed E-state index contributed by atoms with van der Waals surface area (Å²) in [5.41, 5.74) is 8.32. The first-order valence-corrected chi connectivity index (χ1v) is 6.84. The van der Waals surface area contributed by atoms with Gasteiger partial charge >= 0.3 is 0 Å². The number of nitrogens with two attached hydrogens (primary N) is 1. The summed E-state index contributed by atoms with van der Waals surface area (Å²) in [4.78, 5) is 8.15. The van der Waals surface area contributed by atoms with Crippen molar-refractivity contribution in [1.29, 1.82) is 0 Å². The Labute approximate surface area is 124 Å². The van der Waals surface area contributed by atoms with Crippen molar-refractivity contribution in [3.05, 3.63) is 46.4 Å². The summed E-state index contributed by atoms with van der Waals surface area (Å²) in [6, 6.07) is 3.92. The van der Waals surface area contributed by atoms with Gasteiger partial charge in [-0.25, -0.2) is 4.98 Å². The molecule has 1 aromatic heterocycles. The molecule has 5 heteroatoms. The molecule has 0 atom stereocenters. The number of ether oxygens (including phenoxy) is 1. The molecule has 0 aliphatic heterocycles. The van der Waals surface area contributed by atoms with E-state index in [9.17, 15) is 0 Å². The lowest BCUT2D eigenvalue weighted by Gasteiger charge is -2.14. The van der Waals surface area contributed by atoms with Crippen molar-refractivity contribution in [2.75, 3.05) is 5.73 Å². The van der Waals surface area contributed by atoms with Crippen LogP contribution in [0.25, 0.3) is 0 Å². The Hall–Kier alpha value is -1.81. The largest absolute Gasteiger partial charge is 0.487 e. The Balaban J connectivity index is 2.16. The van der Waals surface area contributed by atoms with E-state index in [0.29, 0.717) is 18.3 Å². The van der Waals surface area contributed by atoms with Gasteiger partial charge in [0.1, 0.15) is 18.2 Å². The van der Waals surface area contributed by atoms with Gasteiger partial charge in [0.05, 0.1) is 18.1 Å². The highest BCUT2D eigenvalue weighted by molar-refractivity contribution is 6.31. The zero-order valence-corrected chi connectivity index (χ0v) is 12.6. The van der Waals surface area contributed by atoms with E-state index in [0.717, 1.165) is 27.6 Å². The third kappa shape index (κ3) is 3.39. The average molecular weight is 292 g/mol. The van der Waals surface area contributed by atoms with Crippen molar-refractivity contribution in [3.8, 4) is 5.75 Å². The molecule has 0 spiro atoms. The molecule has 0 aliphatic carbocycles. The van der Waals surface area contributed by atoms with Gasteiger partial charge in [0.2, 0.25) is 0 Å². The Morgan fingerprint density at radius 1 is 1.25 bits per heavy atom. The van der Waals surface area contributed by atoms with Gasteiger partial charge in [0.25, 0.3) is 0 Å². The average Bonchev–Trinajstić information content (AvgIpc) is 2.39. The molecule has 20 heavy (non-hydrogen) atoms. The summed E-state index contributed by atoms with van der Waals surface area (Å²) < 4.78 is 5.81. The van der Waals surface area contributed by atoms with Crippen LogP contribution in [0.1, 0.15) is 36.6 Å². The van der Waals surface area contributed by atoms with E-state index in [1.807, 2.05) is 19.1 Å². The Morgan fingerprint density at radius 2 is 2.00 bits per heavy atom. The number of benzene rings is 1. The van der Waals surface area contributed by atoms with Gasteiger partial charge in [-0.1, -0.05) is 25.4 Å². The molecule has 0 radical (unpaired) electrons. The number of aromatic nitrogens is 2. The highest BCUT2D eigenvalue weighted by Crippen LogP contribution is 2.31. The number of halogens is 1. The third-order valence-corrected chi connectivity index (χ3v) is 3.34. The van der Waals surface area contributed by atoms with Gasteiger partial charge in [-0.15, -0.1) is 0 Å². The molecule has 2 aromatic rings. The van der Waals surface area contributed by atoms with E-state index in [1.54, 1.807) is 6.20 Å². The zero-order chi connectivity index (χ0) is 14.7. The predicted molar refractivity (Wildman–Crippen MR) is 81.1 cm³/mol. The summed E-state index contributed by atoms with van der Waals surface area (Å²) in [6.45, 7) is 6.53. The molecule has 2 rings (SSSR count). The smallest absolute Gasteiger partial charge is 0.141 e. The summed E-state index contributed by atoms with van der Waals surface area (Å²) in [5, 5.41) is 0.775. The quantitative estimate of drug-likeness (QED) is 0.932. The van der Waals surface area contributed by atoms with Crippen LogP contribution in [0.5, 0.6) is 5.75 Å². The summed E-state index contributed by atoms with van der Waals surface area (Å²) >= 11 is 6.24. The van der Waals surface area contributed by atoms with Crippen LogP contribution in [0.4, 0.5) is 5.82 Å². The van der Waals surface area contributed by atoms with Gasteiger partial charge in [-0.2, -0.15) is 0 Å². The fourth-order valence-corrected chi connectivity index (χ4v) is 2.29. The molecule has 106 valence electrons. The van der Waals surface area contributed by atoms with Crippen molar-refractivity contribution in [2.24, 2.45) is 0 Å². The minimum Gasteiger partial charge on any atom is -0.487 e. The topological polar surface area (TPSA) is 61.0 Å². The zero-order valence-electron chi connectivity index (χ0n) is 11.9. The van der Waals surface area contributed by atoms with Crippen molar-refractivity contribution >= 4 is 17.4 Å². The van der Waals surface area contributed by atoms with Crippen molar-refractivity contribution < 1.29 is 4.74 Å². The number of nitrogen functional groups attached to an aromatic ring is 1. The van der Waals surface area contributed by atoms with E-state index in [2.05, 4.69) is 23.8 Å². The molecule has 4 nitrogen and oxygen atoms in total. The molecule has 0 amide bonds. The molecule has 0 saturated carbocycles. The van der Waals surface area contributed by atoms with Crippen molar-refractivity contribution in [3.63, 3.8) is 0 Å². The molecular weight excluding hydrogens is 274 g/mol. The third-order valence-electron chi connectivity index (χ3n) is 3.02. The monoisotopic (exact) mass is 291 g/mol. The highest BCUT2D eigenvalue weighted by atomic mass is 35.5. The maximum atomic E-state index is 6.24. The van der Waals surface area contributed by atoms with Crippen molar-refractivity contribution in [1.82, 2.24) is 9.97 Å². The number of nitrogens with zero attached hydrogens (tertiary/aromatic N) is 2. The standard InChI is InChI=1S/C15H18ClN3O/c1-9(2)12-5-14(10(3)4-13(12)16)20-8-11-6-19-15(17)7-18-11/h4-7,9H,8H2,1-3H3,(H2,17,19). The van der Waals surface area contributed by atoms with E-state index < -0.39 is 0 Å². The van der Waals surface area contributed by atoms with Crippen LogP contribution in [-0.4, -0.2) is 9.97 Å². The second-order valence-electron chi connectivity index (χ2n) is 5.02. The Morgan fingerprint density at radius 3 is 2.60 bits per heavy atom. The minimum atomic E-state index is 0.349. The summed E-state index contributed by atoms with van der Waals surface area (Å²) in [6.07, 6.45) is 3.14. The second-order valence-corrected chi connectivity index (χ2v) is 5.42. The molecule has 1 aromatic carbocycles. The fourth-order valence-electron chi connectivity index (χ4n) is 1.86. The van der Waals surface area contributed by atoms with Crippen LogP contribution in [0.15, 0.2) is 24.5 Å². The molecule has 0 unspecified atom stereocenters. The van der Waals surface area contributed by atoms with Crippen LogP contribution in [-0.2, 0) is 6.61 Å². The molecule has 0 fully saturated rings. The normalized spacial score (nSPS) is 10.8. The number of hydrogen-bond donors (Lipinski definition) is 1. The summed E-state index contributed by atoms with van der Waals surface area (Å²) in [5.74, 6) is 1.57.